The lowest BCUT2D eigenvalue weighted by atomic mass is 9.81. The Hall–Kier alpha value is -2.37. The van der Waals surface area contributed by atoms with Crippen LogP contribution in [0.1, 0.15) is 51.5 Å². The predicted octanol–water partition coefficient (Wildman–Crippen LogP) is 3.18. The molecule has 0 aromatic heterocycles. The van der Waals surface area contributed by atoms with Crippen molar-refractivity contribution in [2.45, 2.75) is 52.5 Å². The Labute approximate surface area is 154 Å². The molecule has 1 aromatic carbocycles. The summed E-state index contributed by atoms with van der Waals surface area (Å²) >= 11 is 0. The van der Waals surface area contributed by atoms with Gasteiger partial charge in [-0.1, -0.05) is 26.0 Å². The molecule has 1 fully saturated rings. The first kappa shape index (κ1) is 19.9. The van der Waals surface area contributed by atoms with E-state index in [1.54, 1.807) is 0 Å². The second-order valence-electron chi connectivity index (χ2n) is 7.10. The topological polar surface area (TPSA) is 95.5 Å². The zero-order chi connectivity index (χ0) is 19.1. The molecule has 2 amide bonds. The monoisotopic (exact) mass is 360 g/mol. The van der Waals surface area contributed by atoms with E-state index < -0.39 is 5.97 Å². The highest BCUT2D eigenvalue weighted by atomic mass is 16.4. The molecule has 1 aromatic rings. The van der Waals surface area contributed by atoms with Gasteiger partial charge in [-0.05, 0) is 49.8 Å². The van der Waals surface area contributed by atoms with Crippen molar-refractivity contribution in [2.75, 3.05) is 5.32 Å². The Kier molecular flexibility index (Phi) is 7.18. The van der Waals surface area contributed by atoms with E-state index in [0.29, 0.717) is 32.2 Å². The Balaban J connectivity index is 1.84. The van der Waals surface area contributed by atoms with E-state index >= 15 is 0 Å². The minimum atomic E-state index is -0.764. The lowest BCUT2D eigenvalue weighted by Crippen LogP contribution is -2.34. The molecular formula is C20H28N2O4. The zero-order valence-corrected chi connectivity index (χ0v) is 15.5. The normalized spacial score (nSPS) is 20.8. The standard InChI is InChI=1S/C20H28N2O4/c1-3-13(2)18(23)22-17-6-4-5-14(11-17)12-21-19(24)15-7-9-16(10-8-15)20(25)26/h4-6,11,13,15-16H,3,7-10,12H2,1-2H3,(H,21,24)(H,22,23)(H,25,26). The summed E-state index contributed by atoms with van der Waals surface area (Å²) in [4.78, 5) is 35.3. The Bertz CT molecular complexity index is 651. The summed E-state index contributed by atoms with van der Waals surface area (Å²) in [5, 5.41) is 14.8. The van der Waals surface area contributed by atoms with Crippen LogP contribution in [0.25, 0.3) is 0 Å². The van der Waals surface area contributed by atoms with E-state index in [1.165, 1.54) is 0 Å². The molecule has 0 aliphatic heterocycles. The van der Waals surface area contributed by atoms with Crippen molar-refractivity contribution in [1.29, 1.82) is 0 Å². The van der Waals surface area contributed by atoms with E-state index in [9.17, 15) is 14.4 Å². The highest BCUT2D eigenvalue weighted by molar-refractivity contribution is 5.92. The second-order valence-corrected chi connectivity index (χ2v) is 7.10. The molecule has 1 atom stereocenters. The van der Waals surface area contributed by atoms with Gasteiger partial charge < -0.3 is 15.7 Å². The van der Waals surface area contributed by atoms with Crippen molar-refractivity contribution in [3.05, 3.63) is 29.8 Å². The zero-order valence-electron chi connectivity index (χ0n) is 15.5. The van der Waals surface area contributed by atoms with Gasteiger partial charge in [-0.25, -0.2) is 0 Å². The number of nitrogens with one attached hydrogen (secondary N) is 2. The molecule has 1 unspecified atom stereocenters. The number of carboxylic acids is 1. The van der Waals surface area contributed by atoms with Crippen LogP contribution in [0.4, 0.5) is 5.69 Å². The number of amides is 2. The first-order chi connectivity index (χ1) is 12.4. The summed E-state index contributed by atoms with van der Waals surface area (Å²) in [6, 6.07) is 7.45. The summed E-state index contributed by atoms with van der Waals surface area (Å²) in [5.41, 5.74) is 1.64. The summed E-state index contributed by atoms with van der Waals surface area (Å²) in [5.74, 6) is -1.27. The van der Waals surface area contributed by atoms with Gasteiger partial charge in [-0.2, -0.15) is 0 Å². The van der Waals surface area contributed by atoms with E-state index in [1.807, 2.05) is 38.1 Å². The number of carbonyl (C=O) groups excluding carboxylic acids is 2. The Morgan fingerprint density at radius 3 is 2.42 bits per heavy atom. The van der Waals surface area contributed by atoms with Gasteiger partial charge in [0.2, 0.25) is 11.8 Å². The van der Waals surface area contributed by atoms with Crippen molar-refractivity contribution in [2.24, 2.45) is 17.8 Å². The van der Waals surface area contributed by atoms with Crippen LogP contribution in [0.2, 0.25) is 0 Å². The Morgan fingerprint density at radius 1 is 1.15 bits per heavy atom. The summed E-state index contributed by atoms with van der Waals surface area (Å²) in [6.45, 7) is 4.25. The van der Waals surface area contributed by atoms with Gasteiger partial charge in [0.15, 0.2) is 0 Å². The van der Waals surface area contributed by atoms with E-state index in [2.05, 4.69) is 10.6 Å². The van der Waals surface area contributed by atoms with Crippen LogP contribution < -0.4 is 10.6 Å². The molecule has 1 saturated carbocycles. The third-order valence-corrected chi connectivity index (χ3v) is 5.17. The highest BCUT2D eigenvalue weighted by Crippen LogP contribution is 2.29. The number of hydrogen-bond donors (Lipinski definition) is 3. The van der Waals surface area contributed by atoms with Crippen molar-refractivity contribution in [3.63, 3.8) is 0 Å². The molecular weight excluding hydrogens is 332 g/mol. The van der Waals surface area contributed by atoms with E-state index in [-0.39, 0.29) is 29.6 Å². The largest absolute Gasteiger partial charge is 0.481 e. The predicted molar refractivity (Wildman–Crippen MR) is 99.5 cm³/mol. The number of benzene rings is 1. The van der Waals surface area contributed by atoms with Crippen molar-refractivity contribution in [3.8, 4) is 0 Å². The van der Waals surface area contributed by atoms with Crippen molar-refractivity contribution >= 4 is 23.5 Å². The molecule has 3 N–H and O–H groups in total. The summed E-state index contributed by atoms with van der Waals surface area (Å²) in [6.07, 6.45) is 3.14. The van der Waals surface area contributed by atoms with Crippen LogP contribution in [-0.2, 0) is 20.9 Å². The molecule has 1 aliphatic rings. The highest BCUT2D eigenvalue weighted by Gasteiger charge is 2.29. The first-order valence-electron chi connectivity index (χ1n) is 9.31. The van der Waals surface area contributed by atoms with Gasteiger partial charge in [0.05, 0.1) is 5.92 Å². The third kappa shape index (κ3) is 5.58. The molecule has 0 radical (unpaired) electrons. The molecule has 0 heterocycles. The summed E-state index contributed by atoms with van der Waals surface area (Å²) < 4.78 is 0. The van der Waals surface area contributed by atoms with Crippen LogP contribution in [-0.4, -0.2) is 22.9 Å². The van der Waals surface area contributed by atoms with E-state index in [0.717, 1.165) is 17.7 Å². The van der Waals surface area contributed by atoms with E-state index in [4.69, 9.17) is 5.11 Å². The molecule has 142 valence electrons. The molecule has 0 bridgehead atoms. The van der Waals surface area contributed by atoms with Gasteiger partial charge in [0.1, 0.15) is 0 Å². The van der Waals surface area contributed by atoms with Crippen LogP contribution >= 0.6 is 0 Å². The maximum Gasteiger partial charge on any atom is 0.306 e. The number of anilines is 1. The number of aliphatic carboxylic acids is 1. The van der Waals surface area contributed by atoms with Crippen molar-refractivity contribution < 1.29 is 19.5 Å². The average Bonchev–Trinajstić information content (AvgIpc) is 2.65. The minimum Gasteiger partial charge on any atom is -0.481 e. The number of hydrogen-bond acceptors (Lipinski definition) is 3. The average molecular weight is 360 g/mol. The van der Waals surface area contributed by atoms with Gasteiger partial charge in [0.25, 0.3) is 0 Å². The van der Waals surface area contributed by atoms with Crippen LogP contribution in [0.15, 0.2) is 24.3 Å². The fourth-order valence-corrected chi connectivity index (χ4v) is 3.15. The quantitative estimate of drug-likeness (QED) is 0.696. The third-order valence-electron chi connectivity index (χ3n) is 5.17. The lowest BCUT2D eigenvalue weighted by molar-refractivity contribution is -0.144. The Morgan fingerprint density at radius 2 is 1.81 bits per heavy atom. The molecule has 6 nitrogen and oxygen atoms in total. The molecule has 0 saturated heterocycles. The van der Waals surface area contributed by atoms with Crippen LogP contribution in [0.5, 0.6) is 0 Å². The maximum absolute atomic E-state index is 12.3. The van der Waals surface area contributed by atoms with Crippen molar-refractivity contribution in [1.82, 2.24) is 5.32 Å². The van der Waals surface area contributed by atoms with Crippen LogP contribution in [0, 0.1) is 17.8 Å². The summed E-state index contributed by atoms with van der Waals surface area (Å²) in [7, 11) is 0. The lowest BCUT2D eigenvalue weighted by Gasteiger charge is -2.25. The molecule has 26 heavy (non-hydrogen) atoms. The second kappa shape index (κ2) is 9.36. The number of carboxylic acid groups (broad SMARTS) is 1. The SMILES string of the molecule is CCC(C)C(=O)Nc1cccc(CNC(=O)C2CCC(C(=O)O)CC2)c1. The maximum atomic E-state index is 12.3. The first-order valence-corrected chi connectivity index (χ1v) is 9.31. The molecule has 1 aliphatic carbocycles. The fraction of sp³-hybridized carbons (Fsp3) is 0.550. The van der Waals surface area contributed by atoms with Crippen LogP contribution in [0.3, 0.4) is 0 Å². The molecule has 2 rings (SSSR count). The van der Waals surface area contributed by atoms with Gasteiger partial charge in [-0.3, -0.25) is 14.4 Å². The number of rotatable bonds is 7. The minimum absolute atomic E-state index is 0.0103. The smallest absolute Gasteiger partial charge is 0.306 e. The van der Waals surface area contributed by atoms with Gasteiger partial charge in [0, 0.05) is 24.1 Å². The number of carbonyl (C=O) groups is 3. The molecule has 6 heteroatoms. The van der Waals surface area contributed by atoms with Gasteiger partial charge >= 0.3 is 5.97 Å². The van der Waals surface area contributed by atoms with Gasteiger partial charge in [-0.15, -0.1) is 0 Å². The fourth-order valence-electron chi connectivity index (χ4n) is 3.15. The molecule has 0 spiro atoms.